The number of unbranched alkanes of at least 4 members (excludes halogenated alkanes) is 1. The van der Waals surface area contributed by atoms with E-state index < -0.39 is 0 Å². The first-order valence-electron chi connectivity index (χ1n) is 5.05. The number of nitrogens with one attached hydrogen (secondary N) is 2. The van der Waals surface area contributed by atoms with Crippen molar-refractivity contribution in [3.8, 4) is 12.3 Å². The minimum Gasteiger partial charge on any atom is -0.353 e. The number of rotatable bonds is 6. The average molecular weight is 196 g/mol. The summed E-state index contributed by atoms with van der Waals surface area (Å²) < 4.78 is 0. The van der Waals surface area contributed by atoms with Crippen LogP contribution < -0.4 is 10.6 Å². The summed E-state index contributed by atoms with van der Waals surface area (Å²) in [6, 6.07) is 0.0487. The van der Waals surface area contributed by atoms with Gasteiger partial charge < -0.3 is 10.6 Å². The van der Waals surface area contributed by atoms with Gasteiger partial charge in [0.25, 0.3) is 0 Å². The molecule has 3 heteroatoms. The first-order valence-corrected chi connectivity index (χ1v) is 5.05. The smallest absolute Gasteiger partial charge is 0.237 e. The quantitative estimate of drug-likeness (QED) is 0.489. The Kier molecular flexibility index (Phi) is 6.87. The van der Waals surface area contributed by atoms with Crippen molar-refractivity contribution < 1.29 is 4.79 Å². The normalized spacial score (nSPS) is 12.2. The van der Waals surface area contributed by atoms with Gasteiger partial charge in [0.15, 0.2) is 0 Å². The zero-order valence-corrected chi connectivity index (χ0v) is 9.26. The molecule has 0 rings (SSSR count). The number of terminal acetylenes is 1. The van der Waals surface area contributed by atoms with Gasteiger partial charge >= 0.3 is 0 Å². The Hall–Kier alpha value is -1.01. The number of hydrogen-bond acceptors (Lipinski definition) is 2. The molecule has 0 saturated heterocycles. The van der Waals surface area contributed by atoms with E-state index in [1.165, 1.54) is 0 Å². The van der Waals surface area contributed by atoms with Gasteiger partial charge in [-0.2, -0.15) is 0 Å². The van der Waals surface area contributed by atoms with Crippen LogP contribution in [0.4, 0.5) is 0 Å². The number of carbonyl (C=O) groups is 1. The largest absolute Gasteiger partial charge is 0.353 e. The zero-order valence-electron chi connectivity index (χ0n) is 9.26. The van der Waals surface area contributed by atoms with Gasteiger partial charge in [0.05, 0.1) is 6.04 Å². The van der Waals surface area contributed by atoms with E-state index in [0.717, 1.165) is 19.4 Å². The highest BCUT2D eigenvalue weighted by Crippen LogP contribution is 1.88. The lowest BCUT2D eigenvalue weighted by Crippen LogP contribution is -2.44. The van der Waals surface area contributed by atoms with Crippen LogP contribution >= 0.6 is 0 Å². The summed E-state index contributed by atoms with van der Waals surface area (Å²) in [4.78, 5) is 11.4. The molecule has 0 aliphatic rings. The van der Waals surface area contributed by atoms with Gasteiger partial charge in [0.2, 0.25) is 5.91 Å². The van der Waals surface area contributed by atoms with Crippen LogP contribution in [0.5, 0.6) is 0 Å². The lowest BCUT2D eigenvalue weighted by Gasteiger charge is -2.15. The van der Waals surface area contributed by atoms with Crippen LogP contribution in [0.15, 0.2) is 0 Å². The number of amides is 1. The van der Waals surface area contributed by atoms with Crippen LogP contribution in [-0.4, -0.2) is 24.5 Å². The summed E-state index contributed by atoms with van der Waals surface area (Å²) in [6.07, 6.45) is 6.78. The van der Waals surface area contributed by atoms with Crippen molar-refractivity contribution in [1.82, 2.24) is 10.6 Å². The minimum atomic E-state index is -0.143. The highest BCUT2D eigenvalue weighted by atomic mass is 16.2. The van der Waals surface area contributed by atoms with Crippen LogP contribution in [0, 0.1) is 12.3 Å². The van der Waals surface area contributed by atoms with Gasteiger partial charge in [-0.25, -0.2) is 0 Å². The highest BCUT2D eigenvalue weighted by molar-refractivity contribution is 5.81. The average Bonchev–Trinajstić information content (AvgIpc) is 2.11. The molecule has 80 valence electrons. The van der Waals surface area contributed by atoms with E-state index in [9.17, 15) is 4.79 Å². The Bertz CT molecular complexity index is 206. The van der Waals surface area contributed by atoms with Crippen molar-refractivity contribution in [2.24, 2.45) is 0 Å². The van der Waals surface area contributed by atoms with E-state index >= 15 is 0 Å². The van der Waals surface area contributed by atoms with Crippen LogP contribution in [0.2, 0.25) is 0 Å². The van der Waals surface area contributed by atoms with Gasteiger partial charge in [-0.05, 0) is 33.7 Å². The summed E-state index contributed by atoms with van der Waals surface area (Å²) in [5, 5.41) is 5.96. The summed E-state index contributed by atoms with van der Waals surface area (Å²) in [5.74, 6) is 2.60. The van der Waals surface area contributed by atoms with Crippen LogP contribution in [-0.2, 0) is 4.79 Å². The molecule has 1 atom stereocenters. The fourth-order valence-electron chi connectivity index (χ4n) is 1.01. The molecule has 2 N–H and O–H groups in total. The molecule has 0 radical (unpaired) electrons. The molecule has 0 saturated carbocycles. The van der Waals surface area contributed by atoms with Crippen molar-refractivity contribution in [3.63, 3.8) is 0 Å². The van der Waals surface area contributed by atoms with Crippen molar-refractivity contribution in [2.45, 2.75) is 45.7 Å². The summed E-state index contributed by atoms with van der Waals surface area (Å²) >= 11 is 0. The predicted octanol–water partition coefficient (Wildman–Crippen LogP) is 0.902. The monoisotopic (exact) mass is 196 g/mol. The van der Waals surface area contributed by atoms with E-state index in [0.29, 0.717) is 0 Å². The van der Waals surface area contributed by atoms with E-state index in [1.807, 2.05) is 20.8 Å². The molecule has 14 heavy (non-hydrogen) atoms. The summed E-state index contributed by atoms with van der Waals surface area (Å²) in [5.41, 5.74) is 0. The highest BCUT2D eigenvalue weighted by Gasteiger charge is 2.11. The van der Waals surface area contributed by atoms with E-state index in [2.05, 4.69) is 16.6 Å². The topological polar surface area (TPSA) is 41.1 Å². The zero-order chi connectivity index (χ0) is 11.0. The van der Waals surface area contributed by atoms with Crippen molar-refractivity contribution in [2.75, 3.05) is 6.54 Å². The molecule has 0 aromatic rings. The van der Waals surface area contributed by atoms with Crippen LogP contribution in [0.25, 0.3) is 0 Å². The number of carbonyl (C=O) groups excluding carboxylic acids is 1. The predicted molar refractivity (Wildman–Crippen MR) is 58.8 cm³/mol. The second-order valence-corrected chi connectivity index (χ2v) is 3.65. The second-order valence-electron chi connectivity index (χ2n) is 3.65. The summed E-state index contributed by atoms with van der Waals surface area (Å²) in [7, 11) is 0. The number of hydrogen-bond donors (Lipinski definition) is 2. The van der Waals surface area contributed by atoms with E-state index in [1.54, 1.807) is 0 Å². The fraction of sp³-hybridized carbons (Fsp3) is 0.727. The molecule has 0 bridgehead atoms. The molecule has 0 aliphatic carbocycles. The third-order valence-electron chi connectivity index (χ3n) is 1.77. The molecule has 0 aromatic carbocycles. The second kappa shape index (κ2) is 7.40. The third kappa shape index (κ3) is 6.50. The van der Waals surface area contributed by atoms with Crippen molar-refractivity contribution >= 4 is 5.91 Å². The minimum absolute atomic E-state index is 0.0423. The Morgan fingerprint density at radius 2 is 2.07 bits per heavy atom. The summed E-state index contributed by atoms with van der Waals surface area (Å²) in [6.45, 7) is 6.54. The molecule has 0 spiro atoms. The molecule has 1 unspecified atom stereocenters. The van der Waals surface area contributed by atoms with Crippen LogP contribution in [0.1, 0.15) is 33.6 Å². The molecule has 0 aromatic heterocycles. The van der Waals surface area contributed by atoms with Gasteiger partial charge in [-0.1, -0.05) is 0 Å². The molecule has 0 heterocycles. The Morgan fingerprint density at radius 1 is 1.43 bits per heavy atom. The van der Waals surface area contributed by atoms with Gasteiger partial charge in [-0.3, -0.25) is 4.79 Å². The molecule has 1 amide bonds. The molecule has 3 nitrogen and oxygen atoms in total. The Morgan fingerprint density at radius 3 is 2.57 bits per heavy atom. The molecular formula is C11H20N2O. The molecule has 0 fully saturated rings. The molecular weight excluding hydrogens is 176 g/mol. The fourth-order valence-corrected chi connectivity index (χ4v) is 1.01. The first kappa shape index (κ1) is 13.0. The third-order valence-corrected chi connectivity index (χ3v) is 1.77. The Balaban J connectivity index is 3.58. The lowest BCUT2D eigenvalue weighted by molar-refractivity contribution is -0.123. The SMILES string of the molecule is C#CCCCNC(C)C(=O)NC(C)C. The molecule has 0 aliphatic heterocycles. The maximum atomic E-state index is 11.4. The van der Waals surface area contributed by atoms with E-state index in [4.69, 9.17) is 6.42 Å². The van der Waals surface area contributed by atoms with Crippen molar-refractivity contribution in [3.05, 3.63) is 0 Å². The van der Waals surface area contributed by atoms with E-state index in [-0.39, 0.29) is 18.0 Å². The van der Waals surface area contributed by atoms with Crippen molar-refractivity contribution in [1.29, 1.82) is 0 Å². The van der Waals surface area contributed by atoms with Gasteiger partial charge in [0.1, 0.15) is 0 Å². The maximum Gasteiger partial charge on any atom is 0.237 e. The van der Waals surface area contributed by atoms with Gasteiger partial charge in [0, 0.05) is 12.5 Å². The maximum absolute atomic E-state index is 11.4. The first-order chi connectivity index (χ1) is 6.57. The van der Waals surface area contributed by atoms with Crippen LogP contribution in [0.3, 0.4) is 0 Å². The Labute approximate surface area is 86.6 Å². The van der Waals surface area contributed by atoms with Gasteiger partial charge in [-0.15, -0.1) is 12.3 Å². The lowest BCUT2D eigenvalue weighted by atomic mass is 10.2. The standard InChI is InChI=1S/C11H20N2O/c1-5-6-7-8-12-10(4)11(14)13-9(2)3/h1,9-10,12H,6-8H2,2-4H3,(H,13,14).